The number of aromatic hydroxyl groups is 1. The standard InChI is InChI=1S/C14H11N3O3S/c18-12-4-2-1-3-11(12)14-16-15-13(21-14)9-5-7-10(8-6-9)17(19)20/h1-8,13,15,18H/t13-/m1/s1. The van der Waals surface area contributed by atoms with Crippen LogP contribution in [0.1, 0.15) is 16.5 Å². The van der Waals surface area contributed by atoms with Gasteiger partial charge in [-0.15, -0.1) is 0 Å². The summed E-state index contributed by atoms with van der Waals surface area (Å²) in [6.07, 6.45) is 0. The van der Waals surface area contributed by atoms with E-state index in [0.29, 0.717) is 10.6 Å². The van der Waals surface area contributed by atoms with E-state index in [0.717, 1.165) is 5.56 Å². The number of nitro groups is 1. The van der Waals surface area contributed by atoms with E-state index in [2.05, 4.69) is 10.5 Å². The van der Waals surface area contributed by atoms with Gasteiger partial charge in [-0.25, -0.2) is 0 Å². The lowest BCUT2D eigenvalue weighted by molar-refractivity contribution is -0.384. The van der Waals surface area contributed by atoms with E-state index in [9.17, 15) is 15.2 Å². The molecule has 2 N–H and O–H groups in total. The summed E-state index contributed by atoms with van der Waals surface area (Å²) >= 11 is 1.45. The number of nitro benzene ring substituents is 1. The molecule has 0 aromatic heterocycles. The monoisotopic (exact) mass is 301 g/mol. The van der Waals surface area contributed by atoms with Gasteiger partial charge in [0.1, 0.15) is 16.2 Å². The average molecular weight is 301 g/mol. The summed E-state index contributed by atoms with van der Waals surface area (Å²) in [7, 11) is 0. The Morgan fingerprint density at radius 3 is 2.57 bits per heavy atom. The molecule has 0 spiro atoms. The number of phenolic OH excluding ortho intramolecular Hbond substituents is 1. The van der Waals surface area contributed by atoms with Crippen LogP contribution in [0, 0.1) is 10.1 Å². The predicted molar refractivity (Wildman–Crippen MR) is 81.2 cm³/mol. The fourth-order valence-corrected chi connectivity index (χ4v) is 3.00. The molecule has 0 saturated carbocycles. The Hall–Kier alpha value is -2.54. The molecule has 0 radical (unpaired) electrons. The lowest BCUT2D eigenvalue weighted by atomic mass is 10.2. The van der Waals surface area contributed by atoms with Gasteiger partial charge in [-0.3, -0.25) is 15.5 Å². The van der Waals surface area contributed by atoms with Crippen molar-refractivity contribution in [1.82, 2.24) is 5.43 Å². The Bertz CT molecular complexity index is 716. The number of phenols is 1. The van der Waals surface area contributed by atoms with Gasteiger partial charge in [-0.1, -0.05) is 23.9 Å². The van der Waals surface area contributed by atoms with Crippen LogP contribution < -0.4 is 5.43 Å². The minimum absolute atomic E-state index is 0.0589. The zero-order chi connectivity index (χ0) is 14.8. The number of nitrogens with zero attached hydrogens (tertiary/aromatic N) is 2. The summed E-state index contributed by atoms with van der Waals surface area (Å²) in [5.74, 6) is 0.176. The fourth-order valence-electron chi connectivity index (χ4n) is 1.97. The SMILES string of the molecule is O=[N+]([O-])c1ccc([C@@H]2NN=C(c3ccccc3O)S2)cc1. The minimum atomic E-state index is -0.428. The van der Waals surface area contributed by atoms with Gasteiger partial charge >= 0.3 is 0 Å². The van der Waals surface area contributed by atoms with Crippen LogP contribution >= 0.6 is 11.8 Å². The van der Waals surface area contributed by atoms with E-state index < -0.39 is 4.92 Å². The summed E-state index contributed by atoms with van der Waals surface area (Å²) in [4.78, 5) is 10.2. The van der Waals surface area contributed by atoms with Gasteiger partial charge in [0.25, 0.3) is 5.69 Å². The van der Waals surface area contributed by atoms with E-state index >= 15 is 0 Å². The largest absolute Gasteiger partial charge is 0.507 e. The van der Waals surface area contributed by atoms with Gasteiger partial charge in [0.05, 0.1) is 10.5 Å². The van der Waals surface area contributed by atoms with Crippen LogP contribution in [0.3, 0.4) is 0 Å². The molecule has 0 amide bonds. The average Bonchev–Trinajstić information content (AvgIpc) is 2.97. The van der Waals surface area contributed by atoms with E-state index in [1.54, 1.807) is 30.3 Å². The highest BCUT2D eigenvalue weighted by Gasteiger charge is 2.24. The van der Waals surface area contributed by atoms with E-state index in [1.807, 2.05) is 6.07 Å². The minimum Gasteiger partial charge on any atom is -0.507 e. The first-order chi connectivity index (χ1) is 10.1. The van der Waals surface area contributed by atoms with Crippen LogP contribution in [0.2, 0.25) is 0 Å². The summed E-state index contributed by atoms with van der Waals surface area (Å²) in [6.45, 7) is 0. The molecule has 0 fully saturated rings. The number of para-hydroxylation sites is 1. The molecule has 1 atom stereocenters. The van der Waals surface area contributed by atoms with Gasteiger partial charge in [0.15, 0.2) is 0 Å². The molecule has 0 aliphatic carbocycles. The summed E-state index contributed by atoms with van der Waals surface area (Å²) in [6, 6.07) is 13.3. The van der Waals surface area contributed by atoms with Gasteiger partial charge in [-0.05, 0) is 29.8 Å². The molecule has 0 unspecified atom stereocenters. The first-order valence-electron chi connectivity index (χ1n) is 6.18. The Morgan fingerprint density at radius 1 is 1.19 bits per heavy atom. The van der Waals surface area contributed by atoms with Crippen LogP contribution in [0.5, 0.6) is 5.75 Å². The number of hydrazone groups is 1. The number of hydrogen-bond donors (Lipinski definition) is 2. The van der Waals surface area contributed by atoms with Crippen molar-refractivity contribution in [3.8, 4) is 5.75 Å². The van der Waals surface area contributed by atoms with Crippen LogP contribution in [-0.4, -0.2) is 15.1 Å². The summed E-state index contributed by atoms with van der Waals surface area (Å²) in [5, 5.41) is 25.3. The maximum Gasteiger partial charge on any atom is 0.269 e. The van der Waals surface area contributed by atoms with Crippen molar-refractivity contribution in [2.24, 2.45) is 5.10 Å². The molecule has 6 nitrogen and oxygen atoms in total. The molecule has 0 saturated heterocycles. The number of hydrogen-bond acceptors (Lipinski definition) is 6. The molecule has 2 aromatic rings. The van der Waals surface area contributed by atoms with Crippen molar-refractivity contribution in [2.45, 2.75) is 5.37 Å². The molecule has 7 heteroatoms. The number of nitrogens with one attached hydrogen (secondary N) is 1. The highest BCUT2D eigenvalue weighted by atomic mass is 32.2. The number of rotatable bonds is 3. The highest BCUT2D eigenvalue weighted by Crippen LogP contribution is 2.36. The molecule has 1 heterocycles. The second kappa shape index (κ2) is 5.45. The maximum atomic E-state index is 10.6. The molecule has 2 aromatic carbocycles. The van der Waals surface area contributed by atoms with Crippen LogP contribution in [0.25, 0.3) is 0 Å². The van der Waals surface area contributed by atoms with Crippen molar-refractivity contribution >= 4 is 22.5 Å². The molecular formula is C14H11N3O3S. The van der Waals surface area contributed by atoms with Crippen LogP contribution in [0.15, 0.2) is 53.6 Å². The molecule has 21 heavy (non-hydrogen) atoms. The smallest absolute Gasteiger partial charge is 0.269 e. The van der Waals surface area contributed by atoms with E-state index in [-0.39, 0.29) is 16.8 Å². The van der Waals surface area contributed by atoms with E-state index in [1.165, 1.54) is 23.9 Å². The second-order valence-electron chi connectivity index (χ2n) is 4.41. The van der Waals surface area contributed by atoms with Gasteiger partial charge < -0.3 is 5.11 Å². The normalized spacial score (nSPS) is 17.1. The molecular weight excluding hydrogens is 290 g/mol. The molecule has 0 bridgehead atoms. The Labute approximate surface area is 124 Å². The Kier molecular flexibility index (Phi) is 3.49. The third-order valence-corrected chi connectivity index (χ3v) is 4.20. The van der Waals surface area contributed by atoms with Crippen molar-refractivity contribution < 1.29 is 10.0 Å². The number of non-ortho nitro benzene ring substituents is 1. The number of thioether (sulfide) groups is 1. The third kappa shape index (κ3) is 2.68. The zero-order valence-electron chi connectivity index (χ0n) is 10.8. The van der Waals surface area contributed by atoms with Gasteiger partial charge in [0.2, 0.25) is 0 Å². The summed E-state index contributed by atoms with van der Waals surface area (Å²) in [5.41, 5.74) is 4.58. The predicted octanol–water partition coefficient (Wildman–Crippen LogP) is 3.00. The fraction of sp³-hybridized carbons (Fsp3) is 0.0714. The van der Waals surface area contributed by atoms with Crippen molar-refractivity contribution in [3.05, 3.63) is 69.8 Å². The Morgan fingerprint density at radius 2 is 1.90 bits per heavy atom. The highest BCUT2D eigenvalue weighted by molar-refractivity contribution is 8.14. The first-order valence-corrected chi connectivity index (χ1v) is 7.06. The van der Waals surface area contributed by atoms with Crippen molar-refractivity contribution in [2.75, 3.05) is 0 Å². The van der Waals surface area contributed by atoms with Crippen molar-refractivity contribution in [1.29, 1.82) is 0 Å². The first kappa shape index (κ1) is 13.4. The maximum absolute atomic E-state index is 10.6. The van der Waals surface area contributed by atoms with Gasteiger partial charge in [-0.2, -0.15) is 5.10 Å². The number of benzene rings is 2. The Balaban J connectivity index is 1.77. The van der Waals surface area contributed by atoms with E-state index in [4.69, 9.17) is 0 Å². The molecule has 1 aliphatic rings. The third-order valence-electron chi connectivity index (χ3n) is 3.05. The van der Waals surface area contributed by atoms with Crippen molar-refractivity contribution in [3.63, 3.8) is 0 Å². The summed E-state index contributed by atoms with van der Waals surface area (Å²) < 4.78 is 0. The lowest BCUT2D eigenvalue weighted by Gasteiger charge is -2.09. The molecule has 3 rings (SSSR count). The zero-order valence-corrected chi connectivity index (χ0v) is 11.6. The van der Waals surface area contributed by atoms with Crippen LogP contribution in [-0.2, 0) is 0 Å². The lowest BCUT2D eigenvalue weighted by Crippen LogP contribution is -2.06. The van der Waals surface area contributed by atoms with Crippen LogP contribution in [0.4, 0.5) is 5.69 Å². The molecule has 1 aliphatic heterocycles. The quantitative estimate of drug-likeness (QED) is 0.672. The topological polar surface area (TPSA) is 87.8 Å². The van der Waals surface area contributed by atoms with Gasteiger partial charge in [0, 0.05) is 12.1 Å². The second-order valence-corrected chi connectivity index (χ2v) is 5.50. The molecule has 106 valence electrons.